The van der Waals surface area contributed by atoms with Crippen molar-refractivity contribution in [1.82, 2.24) is 10.3 Å². The van der Waals surface area contributed by atoms with E-state index in [1.54, 1.807) is 26.8 Å². The van der Waals surface area contributed by atoms with Crippen molar-refractivity contribution in [3.8, 4) is 0 Å². The molecule has 1 atom stereocenters. The predicted octanol–water partition coefficient (Wildman–Crippen LogP) is 3.41. The Morgan fingerprint density at radius 2 is 2.00 bits per heavy atom. The normalized spacial score (nSPS) is 12.7. The molecule has 0 saturated heterocycles. The molecule has 128 valence electrons. The number of benzene rings is 1. The standard InChI is InChI=1S/C17H19ClN2O4/c1-17(2,3)24-16(23)20-13(15(21)22)9-11-8-10-6-4-5-7-12(10)19-14(11)18/h4-8,13H,9H2,1-3H3,(H,20,23)(H,21,22). The average Bonchev–Trinajstić information content (AvgIpc) is 2.45. The van der Waals surface area contributed by atoms with Gasteiger partial charge in [0, 0.05) is 11.8 Å². The quantitative estimate of drug-likeness (QED) is 0.825. The van der Waals surface area contributed by atoms with Gasteiger partial charge in [0.15, 0.2) is 0 Å². The van der Waals surface area contributed by atoms with Crippen molar-refractivity contribution in [1.29, 1.82) is 0 Å². The first-order chi connectivity index (χ1) is 11.2. The first-order valence-electron chi connectivity index (χ1n) is 7.42. The van der Waals surface area contributed by atoms with Gasteiger partial charge in [-0.15, -0.1) is 0 Å². The Morgan fingerprint density at radius 1 is 1.33 bits per heavy atom. The Kier molecular flexibility index (Phi) is 5.29. The molecule has 1 heterocycles. The van der Waals surface area contributed by atoms with Gasteiger partial charge in [-0.25, -0.2) is 14.6 Å². The Hall–Kier alpha value is -2.34. The number of hydrogen-bond acceptors (Lipinski definition) is 4. The number of amides is 1. The molecule has 0 bridgehead atoms. The summed E-state index contributed by atoms with van der Waals surface area (Å²) in [5.74, 6) is -1.18. The van der Waals surface area contributed by atoms with E-state index in [-0.39, 0.29) is 11.6 Å². The van der Waals surface area contributed by atoms with Gasteiger partial charge in [-0.05, 0) is 38.5 Å². The maximum absolute atomic E-state index is 11.8. The maximum Gasteiger partial charge on any atom is 0.408 e. The average molecular weight is 351 g/mol. The molecule has 7 heteroatoms. The van der Waals surface area contributed by atoms with Crippen LogP contribution in [0.4, 0.5) is 4.79 Å². The van der Waals surface area contributed by atoms with E-state index in [2.05, 4.69) is 10.3 Å². The lowest BCUT2D eigenvalue weighted by atomic mass is 10.1. The zero-order valence-corrected chi connectivity index (χ0v) is 14.4. The second-order valence-corrected chi connectivity index (χ2v) is 6.73. The van der Waals surface area contributed by atoms with E-state index in [1.165, 1.54) is 0 Å². The Morgan fingerprint density at radius 3 is 2.62 bits per heavy atom. The minimum absolute atomic E-state index is 0.00520. The number of ether oxygens (including phenoxy) is 1. The van der Waals surface area contributed by atoms with Crippen molar-refractivity contribution in [3.05, 3.63) is 41.0 Å². The van der Waals surface area contributed by atoms with Crippen LogP contribution in [0.1, 0.15) is 26.3 Å². The fourth-order valence-electron chi connectivity index (χ4n) is 2.15. The minimum atomic E-state index is -1.18. The molecule has 0 aliphatic heterocycles. The molecule has 1 amide bonds. The number of carboxylic acids is 1. The van der Waals surface area contributed by atoms with Crippen LogP contribution in [0.5, 0.6) is 0 Å². The van der Waals surface area contributed by atoms with E-state index < -0.39 is 23.7 Å². The van der Waals surface area contributed by atoms with Crippen LogP contribution in [0.15, 0.2) is 30.3 Å². The maximum atomic E-state index is 11.8. The predicted molar refractivity (Wildman–Crippen MR) is 91.3 cm³/mol. The number of alkyl carbamates (subject to hydrolysis) is 1. The number of carbonyl (C=O) groups excluding carboxylic acids is 1. The molecule has 0 saturated carbocycles. The zero-order valence-electron chi connectivity index (χ0n) is 13.7. The molecular formula is C17H19ClN2O4. The number of pyridine rings is 1. The number of rotatable bonds is 4. The summed E-state index contributed by atoms with van der Waals surface area (Å²) in [6.45, 7) is 5.10. The minimum Gasteiger partial charge on any atom is -0.480 e. The third-order valence-corrected chi connectivity index (χ3v) is 3.49. The van der Waals surface area contributed by atoms with Gasteiger partial charge in [0.05, 0.1) is 5.52 Å². The highest BCUT2D eigenvalue weighted by molar-refractivity contribution is 6.30. The summed E-state index contributed by atoms with van der Waals surface area (Å²) in [6, 6.07) is 7.99. The number of para-hydroxylation sites is 1. The fraction of sp³-hybridized carbons (Fsp3) is 0.353. The number of carboxylic acid groups (broad SMARTS) is 1. The number of fused-ring (bicyclic) bond motifs is 1. The van der Waals surface area contributed by atoms with E-state index >= 15 is 0 Å². The largest absolute Gasteiger partial charge is 0.480 e. The number of halogens is 1. The summed E-state index contributed by atoms with van der Waals surface area (Å²) >= 11 is 6.15. The van der Waals surface area contributed by atoms with Crippen LogP contribution in [-0.2, 0) is 16.0 Å². The molecule has 2 rings (SSSR count). The highest BCUT2D eigenvalue weighted by Crippen LogP contribution is 2.22. The van der Waals surface area contributed by atoms with E-state index in [0.29, 0.717) is 5.56 Å². The summed E-state index contributed by atoms with van der Waals surface area (Å²) in [5.41, 5.74) is 0.548. The van der Waals surface area contributed by atoms with Crippen LogP contribution < -0.4 is 5.32 Å². The van der Waals surface area contributed by atoms with Crippen LogP contribution in [0, 0.1) is 0 Å². The molecule has 0 fully saturated rings. The summed E-state index contributed by atoms with van der Waals surface area (Å²) in [7, 11) is 0. The molecule has 1 aromatic heterocycles. The van der Waals surface area contributed by atoms with Gasteiger partial charge in [-0.3, -0.25) is 0 Å². The Labute approximate surface area is 144 Å². The van der Waals surface area contributed by atoms with Gasteiger partial charge < -0.3 is 15.2 Å². The van der Waals surface area contributed by atoms with E-state index in [9.17, 15) is 14.7 Å². The van der Waals surface area contributed by atoms with Crippen LogP contribution in [-0.4, -0.2) is 33.8 Å². The molecule has 1 unspecified atom stereocenters. The van der Waals surface area contributed by atoms with E-state index in [0.717, 1.165) is 10.9 Å². The number of aromatic nitrogens is 1. The molecule has 1 aromatic carbocycles. The number of aliphatic carboxylic acids is 1. The topological polar surface area (TPSA) is 88.5 Å². The molecule has 0 spiro atoms. The highest BCUT2D eigenvalue weighted by Gasteiger charge is 2.25. The lowest BCUT2D eigenvalue weighted by Gasteiger charge is -2.22. The highest BCUT2D eigenvalue weighted by atomic mass is 35.5. The van der Waals surface area contributed by atoms with Gasteiger partial charge in [-0.1, -0.05) is 29.8 Å². The summed E-state index contributed by atoms with van der Waals surface area (Å²) in [6.07, 6.45) is -0.787. The van der Waals surface area contributed by atoms with Crippen molar-refractivity contribution >= 4 is 34.6 Å². The molecule has 24 heavy (non-hydrogen) atoms. The van der Waals surface area contributed by atoms with Gasteiger partial charge >= 0.3 is 12.1 Å². The third-order valence-electron chi connectivity index (χ3n) is 3.16. The summed E-state index contributed by atoms with van der Waals surface area (Å²) in [5, 5.41) is 12.8. The summed E-state index contributed by atoms with van der Waals surface area (Å²) in [4.78, 5) is 27.5. The summed E-state index contributed by atoms with van der Waals surface area (Å²) < 4.78 is 5.09. The van der Waals surface area contributed by atoms with E-state index in [4.69, 9.17) is 16.3 Å². The first kappa shape index (κ1) is 18.0. The van der Waals surface area contributed by atoms with Crippen molar-refractivity contribution in [2.24, 2.45) is 0 Å². The van der Waals surface area contributed by atoms with Gasteiger partial charge in [-0.2, -0.15) is 0 Å². The van der Waals surface area contributed by atoms with Crippen molar-refractivity contribution in [2.75, 3.05) is 0 Å². The monoisotopic (exact) mass is 350 g/mol. The molecule has 2 N–H and O–H groups in total. The molecule has 2 aromatic rings. The first-order valence-corrected chi connectivity index (χ1v) is 7.80. The smallest absolute Gasteiger partial charge is 0.408 e. The van der Waals surface area contributed by atoms with Crippen molar-refractivity contribution in [3.63, 3.8) is 0 Å². The number of nitrogens with one attached hydrogen (secondary N) is 1. The molecule has 0 aliphatic carbocycles. The third kappa shape index (κ3) is 4.83. The van der Waals surface area contributed by atoms with Crippen molar-refractivity contribution in [2.45, 2.75) is 38.8 Å². The van der Waals surface area contributed by atoms with Crippen LogP contribution >= 0.6 is 11.6 Å². The van der Waals surface area contributed by atoms with Crippen LogP contribution in [0.25, 0.3) is 10.9 Å². The molecule has 6 nitrogen and oxygen atoms in total. The number of hydrogen-bond donors (Lipinski definition) is 2. The van der Waals surface area contributed by atoms with Crippen LogP contribution in [0.2, 0.25) is 5.15 Å². The number of nitrogens with zero attached hydrogens (tertiary/aromatic N) is 1. The van der Waals surface area contributed by atoms with Gasteiger partial charge in [0.1, 0.15) is 16.8 Å². The lowest BCUT2D eigenvalue weighted by molar-refractivity contribution is -0.139. The Bertz CT molecular complexity index is 771. The zero-order chi connectivity index (χ0) is 17.9. The van der Waals surface area contributed by atoms with Gasteiger partial charge in [0.25, 0.3) is 0 Å². The molecule has 0 radical (unpaired) electrons. The second-order valence-electron chi connectivity index (χ2n) is 6.37. The lowest BCUT2D eigenvalue weighted by Crippen LogP contribution is -2.44. The van der Waals surface area contributed by atoms with Crippen molar-refractivity contribution < 1.29 is 19.4 Å². The number of carbonyl (C=O) groups is 2. The molecular weight excluding hydrogens is 332 g/mol. The second kappa shape index (κ2) is 7.05. The molecule has 0 aliphatic rings. The Balaban J connectivity index is 2.20. The fourth-order valence-corrected chi connectivity index (χ4v) is 2.37. The SMILES string of the molecule is CC(C)(C)OC(=O)NC(Cc1cc2ccccc2nc1Cl)C(=O)O. The van der Waals surface area contributed by atoms with Gasteiger partial charge in [0.2, 0.25) is 0 Å². The van der Waals surface area contributed by atoms with E-state index in [1.807, 2.05) is 24.3 Å². The van der Waals surface area contributed by atoms with Crippen LogP contribution in [0.3, 0.4) is 0 Å².